The zero-order valence-corrected chi connectivity index (χ0v) is 12.7. The lowest BCUT2D eigenvalue weighted by molar-refractivity contribution is 0.241. The van der Waals surface area contributed by atoms with Crippen molar-refractivity contribution in [3.63, 3.8) is 0 Å². The van der Waals surface area contributed by atoms with Gasteiger partial charge in [0.2, 0.25) is 0 Å². The van der Waals surface area contributed by atoms with Crippen molar-refractivity contribution in [2.75, 3.05) is 13.2 Å². The molecule has 5 rings (SSSR count). The summed E-state index contributed by atoms with van der Waals surface area (Å²) in [6.07, 6.45) is 9.83. The number of fused-ring (bicyclic) bond motifs is 3. The van der Waals surface area contributed by atoms with E-state index in [4.69, 9.17) is 9.47 Å². The van der Waals surface area contributed by atoms with E-state index in [1.807, 2.05) is 30.3 Å². The van der Waals surface area contributed by atoms with E-state index >= 15 is 0 Å². The molecule has 0 radical (unpaired) electrons. The topological polar surface area (TPSA) is 21.8 Å². The van der Waals surface area contributed by atoms with E-state index in [2.05, 4.69) is 0 Å². The molecule has 4 fully saturated rings. The average molecular weight is 286 g/mol. The van der Waals surface area contributed by atoms with Crippen molar-refractivity contribution >= 4 is 0 Å². The molecule has 0 bridgehead atoms. The van der Waals surface area contributed by atoms with Crippen LogP contribution in [0.15, 0.2) is 30.3 Å². The van der Waals surface area contributed by atoms with Crippen molar-refractivity contribution in [1.82, 2.24) is 0 Å². The maximum atomic E-state index is 5.40. The molecule has 1 aromatic rings. The Hall–Kier alpha value is -1.02. The van der Waals surface area contributed by atoms with Crippen LogP contribution < -0.4 is 4.74 Å². The molecule has 0 spiro atoms. The molecule has 5 unspecified atom stereocenters. The Morgan fingerprint density at radius 2 is 1.76 bits per heavy atom. The first-order chi connectivity index (χ1) is 10.4. The maximum Gasteiger partial charge on any atom is 0.119 e. The number of hydrogen-bond acceptors (Lipinski definition) is 2. The Balaban J connectivity index is 0.000000110. The van der Waals surface area contributed by atoms with Gasteiger partial charge in [0.05, 0.1) is 6.61 Å². The average Bonchev–Trinajstić information content (AvgIpc) is 3.46. The van der Waals surface area contributed by atoms with Crippen LogP contribution in [0, 0.1) is 23.7 Å². The SMILES string of the molecule is C1CCC2C(C1)CC1CC12.c1ccc(OCC2CO2)cc1. The van der Waals surface area contributed by atoms with Gasteiger partial charge < -0.3 is 9.47 Å². The highest BCUT2D eigenvalue weighted by atomic mass is 16.6. The van der Waals surface area contributed by atoms with Gasteiger partial charge in [-0.1, -0.05) is 37.5 Å². The summed E-state index contributed by atoms with van der Waals surface area (Å²) >= 11 is 0. The fraction of sp³-hybridized carbons (Fsp3) is 0.684. The van der Waals surface area contributed by atoms with Crippen molar-refractivity contribution in [3.05, 3.63) is 30.3 Å². The number of benzene rings is 1. The van der Waals surface area contributed by atoms with Crippen LogP contribution >= 0.6 is 0 Å². The summed E-state index contributed by atoms with van der Waals surface area (Å²) in [5.74, 6) is 5.76. The maximum absolute atomic E-state index is 5.40. The Morgan fingerprint density at radius 3 is 2.52 bits per heavy atom. The summed E-state index contributed by atoms with van der Waals surface area (Å²) in [6.45, 7) is 1.54. The van der Waals surface area contributed by atoms with Gasteiger partial charge in [0.15, 0.2) is 0 Å². The first-order valence-electron chi connectivity index (χ1n) is 8.69. The third-order valence-corrected chi connectivity index (χ3v) is 5.68. The zero-order chi connectivity index (χ0) is 14.1. The standard InChI is InChI=1S/C10H16.C9H10O2/c1-2-4-9-7(3-1)5-8-6-10(8)9;1-2-4-8(5-3-1)10-6-9-7-11-9/h7-10H,1-6H2;1-5,9H,6-7H2. The Labute approximate surface area is 127 Å². The predicted octanol–water partition coefficient (Wildman–Crippen LogP) is 4.30. The smallest absolute Gasteiger partial charge is 0.119 e. The summed E-state index contributed by atoms with van der Waals surface area (Å²) in [5, 5.41) is 0. The van der Waals surface area contributed by atoms with Crippen LogP contribution in [0.4, 0.5) is 0 Å². The van der Waals surface area contributed by atoms with Crippen molar-refractivity contribution in [2.45, 2.75) is 44.6 Å². The normalized spacial score (nSPS) is 38.6. The van der Waals surface area contributed by atoms with E-state index in [0.717, 1.165) is 12.4 Å². The summed E-state index contributed by atoms with van der Waals surface area (Å²) in [5.41, 5.74) is 0. The van der Waals surface area contributed by atoms with E-state index in [1.165, 1.54) is 23.7 Å². The molecule has 1 saturated heterocycles. The zero-order valence-electron chi connectivity index (χ0n) is 12.7. The van der Waals surface area contributed by atoms with E-state index in [9.17, 15) is 0 Å². The van der Waals surface area contributed by atoms with Gasteiger partial charge in [-0.25, -0.2) is 0 Å². The molecule has 1 heterocycles. The quantitative estimate of drug-likeness (QED) is 0.773. The number of epoxide rings is 1. The van der Waals surface area contributed by atoms with Gasteiger partial charge in [0, 0.05) is 0 Å². The molecule has 3 aliphatic carbocycles. The number of hydrogen-bond donors (Lipinski definition) is 0. The van der Waals surface area contributed by atoms with Crippen molar-refractivity contribution in [2.24, 2.45) is 23.7 Å². The number of ether oxygens (including phenoxy) is 2. The molecule has 2 heteroatoms. The molecule has 3 saturated carbocycles. The third-order valence-electron chi connectivity index (χ3n) is 5.68. The Kier molecular flexibility index (Phi) is 3.89. The lowest BCUT2D eigenvalue weighted by atomic mass is 9.79. The molecular formula is C19H26O2. The van der Waals surface area contributed by atoms with Gasteiger partial charge in [-0.15, -0.1) is 0 Å². The first kappa shape index (κ1) is 13.6. The minimum Gasteiger partial charge on any atom is -0.491 e. The molecule has 1 aromatic carbocycles. The van der Waals surface area contributed by atoms with Gasteiger partial charge in [0.1, 0.15) is 18.5 Å². The second kappa shape index (κ2) is 6.00. The molecule has 21 heavy (non-hydrogen) atoms. The van der Waals surface area contributed by atoms with E-state index in [-0.39, 0.29) is 0 Å². The Bertz CT molecular complexity index is 454. The second-order valence-corrected chi connectivity index (χ2v) is 7.18. The monoisotopic (exact) mass is 286 g/mol. The van der Waals surface area contributed by atoms with Crippen molar-refractivity contribution < 1.29 is 9.47 Å². The van der Waals surface area contributed by atoms with Crippen LogP contribution in [0.3, 0.4) is 0 Å². The lowest BCUT2D eigenvalue weighted by Crippen LogP contribution is -2.16. The van der Waals surface area contributed by atoms with Gasteiger partial charge in [-0.05, 0) is 55.1 Å². The van der Waals surface area contributed by atoms with Crippen LogP contribution in [0.2, 0.25) is 0 Å². The van der Waals surface area contributed by atoms with Gasteiger partial charge in [-0.2, -0.15) is 0 Å². The Morgan fingerprint density at radius 1 is 0.952 bits per heavy atom. The molecule has 0 N–H and O–H groups in total. The second-order valence-electron chi connectivity index (χ2n) is 7.18. The summed E-state index contributed by atoms with van der Waals surface area (Å²) in [6, 6.07) is 9.79. The van der Waals surface area contributed by atoms with Crippen molar-refractivity contribution in [1.29, 1.82) is 0 Å². The molecule has 1 aliphatic heterocycles. The van der Waals surface area contributed by atoms with Crippen LogP contribution in [0.25, 0.3) is 0 Å². The minimum atomic E-state index is 0.343. The molecular weight excluding hydrogens is 260 g/mol. The van der Waals surface area contributed by atoms with Crippen LogP contribution in [0.5, 0.6) is 5.75 Å². The molecule has 4 aliphatic rings. The van der Waals surface area contributed by atoms with Crippen molar-refractivity contribution in [3.8, 4) is 5.75 Å². The number of para-hydroxylation sites is 1. The molecule has 114 valence electrons. The third kappa shape index (κ3) is 3.42. The number of rotatable bonds is 3. The highest BCUT2D eigenvalue weighted by Crippen LogP contribution is 2.61. The highest BCUT2D eigenvalue weighted by Gasteiger charge is 2.52. The van der Waals surface area contributed by atoms with Crippen LogP contribution in [-0.2, 0) is 4.74 Å². The van der Waals surface area contributed by atoms with Gasteiger partial charge in [-0.3, -0.25) is 0 Å². The largest absolute Gasteiger partial charge is 0.491 e. The highest BCUT2D eigenvalue weighted by molar-refractivity contribution is 5.20. The molecule has 0 amide bonds. The molecule has 0 aromatic heterocycles. The summed E-state index contributed by atoms with van der Waals surface area (Å²) in [7, 11) is 0. The minimum absolute atomic E-state index is 0.343. The summed E-state index contributed by atoms with van der Waals surface area (Å²) < 4.78 is 10.4. The fourth-order valence-electron chi connectivity index (χ4n) is 4.42. The molecule has 5 atom stereocenters. The van der Waals surface area contributed by atoms with Crippen LogP contribution in [0.1, 0.15) is 38.5 Å². The predicted molar refractivity (Wildman–Crippen MR) is 83.3 cm³/mol. The molecule has 2 nitrogen and oxygen atoms in total. The van der Waals surface area contributed by atoms with E-state index in [0.29, 0.717) is 12.7 Å². The van der Waals surface area contributed by atoms with Gasteiger partial charge in [0.25, 0.3) is 0 Å². The lowest BCUT2D eigenvalue weighted by Gasteiger charge is -2.27. The fourth-order valence-corrected chi connectivity index (χ4v) is 4.42. The first-order valence-corrected chi connectivity index (χ1v) is 8.69. The summed E-state index contributed by atoms with van der Waals surface area (Å²) in [4.78, 5) is 0. The van der Waals surface area contributed by atoms with Crippen LogP contribution in [-0.4, -0.2) is 19.3 Å². The van der Waals surface area contributed by atoms with Gasteiger partial charge >= 0.3 is 0 Å². The van der Waals surface area contributed by atoms with E-state index in [1.54, 1.807) is 38.5 Å². The van der Waals surface area contributed by atoms with E-state index < -0.39 is 0 Å².